The van der Waals surface area contributed by atoms with Crippen molar-refractivity contribution in [1.82, 2.24) is 10.2 Å². The standard InChI is InChI=1S/C26H37N3O5S/c1-6-27-26(31)21(4)28(19-22-12-9-8-11-20(22)3)25(30)13-10-18-29(35(5,32)33)23-14-16-24(17-15-23)34-7-2/h8-9,11-12,14-17,21H,6-7,10,13,18-19H2,1-5H3,(H,27,31)/t21-/m0/s1. The Morgan fingerprint density at radius 3 is 2.29 bits per heavy atom. The van der Waals surface area contributed by atoms with Gasteiger partial charge in [0.05, 0.1) is 18.6 Å². The van der Waals surface area contributed by atoms with Gasteiger partial charge in [0.1, 0.15) is 11.8 Å². The largest absolute Gasteiger partial charge is 0.494 e. The zero-order valence-electron chi connectivity index (χ0n) is 21.3. The molecule has 35 heavy (non-hydrogen) atoms. The Bertz CT molecular complexity index is 1090. The van der Waals surface area contributed by atoms with Crippen molar-refractivity contribution in [3.8, 4) is 5.75 Å². The highest BCUT2D eigenvalue weighted by molar-refractivity contribution is 7.92. The van der Waals surface area contributed by atoms with Gasteiger partial charge in [-0.3, -0.25) is 13.9 Å². The van der Waals surface area contributed by atoms with Gasteiger partial charge in [0, 0.05) is 26.1 Å². The van der Waals surface area contributed by atoms with Crippen molar-refractivity contribution in [2.45, 2.75) is 53.1 Å². The lowest BCUT2D eigenvalue weighted by molar-refractivity contribution is -0.140. The minimum Gasteiger partial charge on any atom is -0.494 e. The molecule has 8 nitrogen and oxygen atoms in total. The minimum atomic E-state index is -3.55. The molecule has 1 N–H and O–H groups in total. The molecule has 0 bridgehead atoms. The van der Waals surface area contributed by atoms with Crippen LogP contribution in [0.4, 0.5) is 5.69 Å². The number of carbonyl (C=O) groups excluding carboxylic acids is 2. The number of anilines is 1. The lowest BCUT2D eigenvalue weighted by Gasteiger charge is -2.30. The highest BCUT2D eigenvalue weighted by atomic mass is 32.2. The Morgan fingerprint density at radius 1 is 1.06 bits per heavy atom. The number of ether oxygens (including phenoxy) is 1. The van der Waals surface area contributed by atoms with Gasteiger partial charge < -0.3 is 15.0 Å². The van der Waals surface area contributed by atoms with Gasteiger partial charge in [-0.1, -0.05) is 24.3 Å². The third-order valence-corrected chi connectivity index (χ3v) is 6.90. The van der Waals surface area contributed by atoms with Gasteiger partial charge >= 0.3 is 0 Å². The van der Waals surface area contributed by atoms with Crippen LogP contribution < -0.4 is 14.4 Å². The Balaban J connectivity index is 2.15. The average Bonchev–Trinajstić information content (AvgIpc) is 2.81. The zero-order valence-corrected chi connectivity index (χ0v) is 22.1. The number of nitrogens with one attached hydrogen (secondary N) is 1. The number of sulfonamides is 1. The number of benzene rings is 2. The maximum Gasteiger partial charge on any atom is 0.242 e. The SMILES string of the molecule is CCNC(=O)[C@H](C)N(Cc1ccccc1C)C(=O)CCCN(c1ccc(OCC)cc1)S(C)(=O)=O. The molecule has 2 rings (SSSR count). The van der Waals surface area contributed by atoms with E-state index in [0.29, 0.717) is 37.6 Å². The highest BCUT2D eigenvalue weighted by Crippen LogP contribution is 2.23. The third kappa shape index (κ3) is 8.28. The van der Waals surface area contributed by atoms with Gasteiger partial charge in [0.15, 0.2) is 0 Å². The summed E-state index contributed by atoms with van der Waals surface area (Å²) in [6.07, 6.45) is 1.57. The highest BCUT2D eigenvalue weighted by Gasteiger charge is 2.26. The number of hydrogen-bond acceptors (Lipinski definition) is 5. The molecule has 0 spiro atoms. The summed E-state index contributed by atoms with van der Waals surface area (Å²) < 4.78 is 31.6. The van der Waals surface area contributed by atoms with Crippen LogP contribution in [-0.2, 0) is 26.2 Å². The van der Waals surface area contributed by atoms with E-state index < -0.39 is 16.1 Å². The molecular weight excluding hydrogens is 466 g/mol. The van der Waals surface area contributed by atoms with Gasteiger partial charge in [-0.05, 0) is 69.5 Å². The smallest absolute Gasteiger partial charge is 0.242 e. The first-order chi connectivity index (χ1) is 16.6. The molecule has 1 atom stereocenters. The molecule has 2 amide bonds. The van der Waals surface area contributed by atoms with E-state index in [4.69, 9.17) is 4.74 Å². The molecule has 0 heterocycles. The predicted octanol–water partition coefficient (Wildman–Crippen LogP) is 3.49. The Labute approximate surface area is 209 Å². The van der Waals surface area contributed by atoms with Crippen LogP contribution in [0.5, 0.6) is 5.75 Å². The molecule has 2 aromatic carbocycles. The van der Waals surface area contributed by atoms with E-state index in [0.717, 1.165) is 17.4 Å². The fourth-order valence-corrected chi connectivity index (χ4v) is 4.72. The second-order valence-corrected chi connectivity index (χ2v) is 10.3. The second-order valence-electron chi connectivity index (χ2n) is 8.38. The topological polar surface area (TPSA) is 96.0 Å². The summed E-state index contributed by atoms with van der Waals surface area (Å²) in [5, 5.41) is 2.78. The summed E-state index contributed by atoms with van der Waals surface area (Å²) >= 11 is 0. The van der Waals surface area contributed by atoms with Crippen LogP contribution in [0.1, 0.15) is 44.7 Å². The Hall–Kier alpha value is -3.07. The summed E-state index contributed by atoms with van der Waals surface area (Å²) in [5.41, 5.74) is 2.51. The van der Waals surface area contributed by atoms with Crippen LogP contribution in [0, 0.1) is 6.92 Å². The van der Waals surface area contributed by atoms with Crippen molar-refractivity contribution in [3.63, 3.8) is 0 Å². The number of carbonyl (C=O) groups is 2. The van der Waals surface area contributed by atoms with Crippen LogP contribution >= 0.6 is 0 Å². The number of likely N-dealkylation sites (N-methyl/N-ethyl adjacent to an activating group) is 1. The van der Waals surface area contributed by atoms with Gasteiger partial charge in [-0.2, -0.15) is 0 Å². The maximum absolute atomic E-state index is 13.3. The van der Waals surface area contributed by atoms with Crippen molar-refractivity contribution in [3.05, 3.63) is 59.7 Å². The number of rotatable bonds is 13. The van der Waals surface area contributed by atoms with E-state index in [1.54, 1.807) is 36.1 Å². The van der Waals surface area contributed by atoms with E-state index in [1.807, 2.05) is 45.0 Å². The van der Waals surface area contributed by atoms with Crippen molar-refractivity contribution in [2.24, 2.45) is 0 Å². The first-order valence-corrected chi connectivity index (χ1v) is 13.8. The first-order valence-electron chi connectivity index (χ1n) is 11.9. The number of hydrogen-bond donors (Lipinski definition) is 1. The lowest BCUT2D eigenvalue weighted by Crippen LogP contribution is -2.47. The zero-order chi connectivity index (χ0) is 26.0. The average molecular weight is 504 g/mol. The second kappa shape index (κ2) is 13.1. The molecule has 0 saturated carbocycles. The number of nitrogens with zero attached hydrogens (tertiary/aromatic N) is 2. The third-order valence-electron chi connectivity index (χ3n) is 5.71. The number of aryl methyl sites for hydroxylation is 1. The van der Waals surface area contributed by atoms with Crippen molar-refractivity contribution >= 4 is 27.5 Å². The molecule has 0 radical (unpaired) electrons. The molecule has 0 aliphatic heterocycles. The van der Waals surface area contributed by atoms with Crippen LogP contribution in [0.3, 0.4) is 0 Å². The van der Waals surface area contributed by atoms with Gasteiger partial charge in [0.2, 0.25) is 21.8 Å². The molecule has 2 aromatic rings. The van der Waals surface area contributed by atoms with Crippen LogP contribution in [-0.4, -0.2) is 57.1 Å². The monoisotopic (exact) mass is 503 g/mol. The molecule has 0 aromatic heterocycles. The van der Waals surface area contributed by atoms with E-state index in [2.05, 4.69) is 5.32 Å². The van der Waals surface area contributed by atoms with Crippen LogP contribution in [0.15, 0.2) is 48.5 Å². The molecule has 0 aliphatic carbocycles. The molecule has 9 heteroatoms. The lowest BCUT2D eigenvalue weighted by atomic mass is 10.1. The molecule has 192 valence electrons. The van der Waals surface area contributed by atoms with E-state index in [-0.39, 0.29) is 24.8 Å². The Morgan fingerprint density at radius 2 is 1.71 bits per heavy atom. The van der Waals surface area contributed by atoms with Crippen LogP contribution in [0.25, 0.3) is 0 Å². The van der Waals surface area contributed by atoms with Gasteiger partial charge in [0.25, 0.3) is 0 Å². The minimum absolute atomic E-state index is 0.110. The van der Waals surface area contributed by atoms with E-state index in [1.165, 1.54) is 4.31 Å². The molecule has 0 saturated heterocycles. The molecule has 0 unspecified atom stereocenters. The van der Waals surface area contributed by atoms with E-state index >= 15 is 0 Å². The summed E-state index contributed by atoms with van der Waals surface area (Å²) in [4.78, 5) is 27.4. The normalized spacial score (nSPS) is 12.0. The van der Waals surface area contributed by atoms with Crippen molar-refractivity contribution in [1.29, 1.82) is 0 Å². The number of amides is 2. The van der Waals surface area contributed by atoms with Crippen molar-refractivity contribution < 1.29 is 22.7 Å². The van der Waals surface area contributed by atoms with Gasteiger partial charge in [-0.15, -0.1) is 0 Å². The fourth-order valence-electron chi connectivity index (χ4n) is 3.75. The summed E-state index contributed by atoms with van der Waals surface area (Å²) in [7, 11) is -3.55. The Kier molecular flexibility index (Phi) is 10.6. The van der Waals surface area contributed by atoms with E-state index in [9.17, 15) is 18.0 Å². The first kappa shape index (κ1) is 28.2. The maximum atomic E-state index is 13.3. The summed E-state index contributed by atoms with van der Waals surface area (Å²) in [6.45, 7) is 8.83. The summed E-state index contributed by atoms with van der Waals surface area (Å²) in [6, 6.07) is 13.9. The van der Waals surface area contributed by atoms with Gasteiger partial charge in [-0.25, -0.2) is 8.42 Å². The predicted molar refractivity (Wildman–Crippen MR) is 139 cm³/mol. The molecule has 0 aliphatic rings. The fraction of sp³-hybridized carbons (Fsp3) is 0.462. The quantitative estimate of drug-likeness (QED) is 0.451. The van der Waals surface area contributed by atoms with Crippen molar-refractivity contribution in [2.75, 3.05) is 30.3 Å². The molecule has 0 fully saturated rings. The van der Waals surface area contributed by atoms with Crippen LogP contribution in [0.2, 0.25) is 0 Å². The summed E-state index contributed by atoms with van der Waals surface area (Å²) in [5.74, 6) is 0.236. The molecular formula is C26H37N3O5S.